The first kappa shape index (κ1) is 19.4. The number of hydrogen-bond acceptors (Lipinski definition) is 4. The van der Waals surface area contributed by atoms with Gasteiger partial charge in [-0.3, -0.25) is 4.90 Å². The molecule has 0 unspecified atom stereocenters. The summed E-state index contributed by atoms with van der Waals surface area (Å²) in [5.41, 5.74) is 9.17. The van der Waals surface area contributed by atoms with Gasteiger partial charge in [-0.15, -0.1) is 12.4 Å². The first-order valence-electron chi connectivity index (χ1n) is 8.36. The number of carbonyl (C=O) groups excluding carboxylic acids is 1. The summed E-state index contributed by atoms with van der Waals surface area (Å²) in [6.45, 7) is 3.61. The van der Waals surface area contributed by atoms with E-state index in [9.17, 15) is 4.79 Å². The molecule has 1 saturated heterocycles. The van der Waals surface area contributed by atoms with Crippen molar-refractivity contribution in [2.24, 2.45) is 11.7 Å². The summed E-state index contributed by atoms with van der Waals surface area (Å²) in [5, 5.41) is 0. The predicted octanol–water partition coefficient (Wildman–Crippen LogP) is 3.07. The van der Waals surface area contributed by atoms with E-state index in [0.29, 0.717) is 23.9 Å². The number of esters is 1. The van der Waals surface area contributed by atoms with E-state index < -0.39 is 0 Å². The van der Waals surface area contributed by atoms with Gasteiger partial charge in [0, 0.05) is 25.6 Å². The molecule has 4 nitrogen and oxygen atoms in total. The second-order valence-corrected chi connectivity index (χ2v) is 6.40. The molecule has 2 aromatic carbocycles. The Labute approximate surface area is 155 Å². The largest absolute Gasteiger partial charge is 0.465 e. The van der Waals surface area contributed by atoms with Crippen molar-refractivity contribution in [3.63, 3.8) is 0 Å². The Balaban J connectivity index is 0.00000225. The fraction of sp³-hybridized carbons (Fsp3) is 0.350. The van der Waals surface area contributed by atoms with Gasteiger partial charge in [-0.1, -0.05) is 42.5 Å². The Morgan fingerprint density at radius 3 is 2.40 bits per heavy atom. The van der Waals surface area contributed by atoms with Crippen LogP contribution in [0.25, 0.3) is 0 Å². The molecule has 0 aromatic heterocycles. The lowest BCUT2D eigenvalue weighted by Gasteiger charge is -2.17. The monoisotopic (exact) mass is 360 g/mol. The molecule has 2 atom stereocenters. The van der Waals surface area contributed by atoms with Crippen molar-refractivity contribution in [1.29, 1.82) is 0 Å². The Hall–Kier alpha value is -1.88. The van der Waals surface area contributed by atoms with Crippen molar-refractivity contribution in [3.05, 3.63) is 71.3 Å². The lowest BCUT2D eigenvalue weighted by Crippen LogP contribution is -2.23. The molecule has 0 saturated carbocycles. The maximum absolute atomic E-state index is 11.5. The number of hydrogen-bond donors (Lipinski definition) is 1. The van der Waals surface area contributed by atoms with Crippen LogP contribution in [0.15, 0.2) is 54.6 Å². The van der Waals surface area contributed by atoms with Crippen LogP contribution in [0.3, 0.4) is 0 Å². The van der Waals surface area contributed by atoms with Crippen LogP contribution in [-0.2, 0) is 11.3 Å². The third-order valence-corrected chi connectivity index (χ3v) is 4.83. The second-order valence-electron chi connectivity index (χ2n) is 6.40. The number of likely N-dealkylation sites (tertiary alicyclic amines) is 1. The number of carbonyl (C=O) groups is 1. The Morgan fingerprint density at radius 1 is 1.12 bits per heavy atom. The fourth-order valence-corrected chi connectivity index (χ4v) is 3.53. The van der Waals surface area contributed by atoms with E-state index in [1.54, 1.807) is 0 Å². The second kappa shape index (κ2) is 8.99. The minimum absolute atomic E-state index is 0. The summed E-state index contributed by atoms with van der Waals surface area (Å²) in [5.74, 6) is 0.683. The van der Waals surface area contributed by atoms with Gasteiger partial charge < -0.3 is 10.5 Å². The van der Waals surface area contributed by atoms with Crippen LogP contribution in [-0.4, -0.2) is 37.6 Å². The standard InChI is InChI=1S/C20H24N2O2.ClH/c1-24-20(23)17-9-7-15(8-10-17)12-22-13-18(11-21)19(14-22)16-5-3-2-4-6-16;/h2-10,18-19H,11-14,21H2,1H3;1H/t18-,19+;/m1./s1. The Morgan fingerprint density at radius 2 is 1.80 bits per heavy atom. The molecule has 0 radical (unpaired) electrons. The van der Waals surface area contributed by atoms with E-state index in [1.807, 2.05) is 24.3 Å². The lowest BCUT2D eigenvalue weighted by molar-refractivity contribution is 0.0600. The molecule has 1 fully saturated rings. The maximum atomic E-state index is 11.5. The van der Waals surface area contributed by atoms with Crippen LogP contribution in [0.2, 0.25) is 0 Å². The van der Waals surface area contributed by atoms with Crippen LogP contribution in [0.5, 0.6) is 0 Å². The average molecular weight is 361 g/mol. The SMILES string of the molecule is COC(=O)c1ccc(CN2C[C@@H](CN)[C@H](c3ccccc3)C2)cc1.Cl. The highest BCUT2D eigenvalue weighted by atomic mass is 35.5. The van der Waals surface area contributed by atoms with Crippen molar-refractivity contribution in [2.45, 2.75) is 12.5 Å². The van der Waals surface area contributed by atoms with Crippen LogP contribution < -0.4 is 5.73 Å². The number of halogens is 1. The maximum Gasteiger partial charge on any atom is 0.337 e. The van der Waals surface area contributed by atoms with Gasteiger partial charge in [0.25, 0.3) is 0 Å². The van der Waals surface area contributed by atoms with Gasteiger partial charge >= 0.3 is 5.97 Å². The molecule has 2 N–H and O–H groups in total. The molecular weight excluding hydrogens is 336 g/mol. The molecule has 3 rings (SSSR count). The predicted molar refractivity (Wildman–Crippen MR) is 102 cm³/mol. The zero-order valence-corrected chi connectivity index (χ0v) is 15.2. The van der Waals surface area contributed by atoms with E-state index in [0.717, 1.165) is 19.6 Å². The molecule has 0 amide bonds. The van der Waals surface area contributed by atoms with Crippen LogP contribution in [0, 0.1) is 5.92 Å². The third kappa shape index (κ3) is 4.60. The van der Waals surface area contributed by atoms with Crippen molar-refractivity contribution in [1.82, 2.24) is 4.90 Å². The average Bonchev–Trinajstić information content (AvgIpc) is 3.05. The molecule has 25 heavy (non-hydrogen) atoms. The van der Waals surface area contributed by atoms with E-state index in [1.165, 1.54) is 18.2 Å². The third-order valence-electron chi connectivity index (χ3n) is 4.83. The number of methoxy groups -OCH3 is 1. The minimum Gasteiger partial charge on any atom is -0.465 e. The van der Waals surface area contributed by atoms with Gasteiger partial charge in [-0.05, 0) is 35.7 Å². The van der Waals surface area contributed by atoms with Gasteiger partial charge in [0.15, 0.2) is 0 Å². The first-order chi connectivity index (χ1) is 11.7. The van der Waals surface area contributed by atoms with Crippen molar-refractivity contribution < 1.29 is 9.53 Å². The molecule has 2 aromatic rings. The number of benzene rings is 2. The molecule has 134 valence electrons. The van der Waals surface area contributed by atoms with Gasteiger partial charge in [0.05, 0.1) is 12.7 Å². The van der Waals surface area contributed by atoms with Crippen LogP contribution >= 0.6 is 12.4 Å². The normalized spacial score (nSPS) is 20.1. The molecule has 0 bridgehead atoms. The molecule has 1 aliphatic heterocycles. The summed E-state index contributed by atoms with van der Waals surface area (Å²) in [4.78, 5) is 14.0. The smallest absolute Gasteiger partial charge is 0.337 e. The molecule has 0 spiro atoms. The molecule has 1 heterocycles. The van der Waals surface area contributed by atoms with E-state index in [-0.39, 0.29) is 18.4 Å². The summed E-state index contributed by atoms with van der Waals surface area (Å²) < 4.78 is 4.74. The summed E-state index contributed by atoms with van der Waals surface area (Å²) in [6, 6.07) is 18.3. The minimum atomic E-state index is -0.296. The van der Waals surface area contributed by atoms with E-state index in [2.05, 4.69) is 35.2 Å². The number of nitrogens with zero attached hydrogens (tertiary/aromatic N) is 1. The quantitative estimate of drug-likeness (QED) is 0.832. The first-order valence-corrected chi connectivity index (χ1v) is 8.36. The number of ether oxygens (including phenoxy) is 1. The van der Waals surface area contributed by atoms with Crippen molar-refractivity contribution in [3.8, 4) is 0 Å². The Kier molecular flexibility index (Phi) is 7.00. The van der Waals surface area contributed by atoms with Crippen LogP contribution in [0.4, 0.5) is 0 Å². The summed E-state index contributed by atoms with van der Waals surface area (Å²) in [6.07, 6.45) is 0. The highest BCUT2D eigenvalue weighted by Crippen LogP contribution is 2.32. The summed E-state index contributed by atoms with van der Waals surface area (Å²) in [7, 11) is 1.40. The van der Waals surface area contributed by atoms with E-state index in [4.69, 9.17) is 10.5 Å². The Bertz CT molecular complexity index is 676. The fourth-order valence-electron chi connectivity index (χ4n) is 3.53. The zero-order valence-electron chi connectivity index (χ0n) is 14.4. The zero-order chi connectivity index (χ0) is 16.9. The molecular formula is C20H25ClN2O2. The van der Waals surface area contributed by atoms with Crippen LogP contribution in [0.1, 0.15) is 27.4 Å². The van der Waals surface area contributed by atoms with Crippen molar-refractivity contribution in [2.75, 3.05) is 26.7 Å². The summed E-state index contributed by atoms with van der Waals surface area (Å²) >= 11 is 0. The number of rotatable bonds is 5. The highest BCUT2D eigenvalue weighted by Gasteiger charge is 2.32. The lowest BCUT2D eigenvalue weighted by atomic mass is 9.89. The topological polar surface area (TPSA) is 55.6 Å². The highest BCUT2D eigenvalue weighted by molar-refractivity contribution is 5.89. The van der Waals surface area contributed by atoms with Crippen molar-refractivity contribution >= 4 is 18.4 Å². The van der Waals surface area contributed by atoms with Gasteiger partial charge in [0.1, 0.15) is 0 Å². The molecule has 1 aliphatic rings. The van der Waals surface area contributed by atoms with Gasteiger partial charge in [-0.2, -0.15) is 0 Å². The van der Waals surface area contributed by atoms with E-state index >= 15 is 0 Å². The van der Waals surface area contributed by atoms with Gasteiger partial charge in [0.2, 0.25) is 0 Å². The van der Waals surface area contributed by atoms with Gasteiger partial charge in [-0.25, -0.2) is 4.79 Å². The molecule has 5 heteroatoms. The molecule has 0 aliphatic carbocycles. The number of nitrogens with two attached hydrogens (primary N) is 1.